The largest absolute Gasteiger partial charge is 0.496 e. The normalized spacial score (nSPS) is 17.2. The summed E-state index contributed by atoms with van der Waals surface area (Å²) in [5.74, 6) is 0.188. The van der Waals surface area contributed by atoms with E-state index >= 15 is 0 Å². The van der Waals surface area contributed by atoms with Crippen molar-refractivity contribution >= 4 is 11.6 Å². The van der Waals surface area contributed by atoms with Crippen LogP contribution >= 0.6 is 0 Å². The molecule has 2 rings (SSSR count). The van der Waals surface area contributed by atoms with Crippen molar-refractivity contribution in [1.82, 2.24) is 5.32 Å². The lowest BCUT2D eigenvalue weighted by Gasteiger charge is -2.22. The van der Waals surface area contributed by atoms with Gasteiger partial charge in [-0.15, -0.1) is 0 Å². The number of anilines is 1. The zero-order valence-electron chi connectivity index (χ0n) is 11.1. The van der Waals surface area contributed by atoms with Crippen LogP contribution in [0, 0.1) is 0 Å². The molecule has 1 amide bonds. The van der Waals surface area contributed by atoms with Crippen LogP contribution in [0.2, 0.25) is 0 Å². The minimum Gasteiger partial charge on any atom is -0.496 e. The van der Waals surface area contributed by atoms with Gasteiger partial charge in [0.05, 0.1) is 18.3 Å². The monoisotopic (exact) mass is 264 g/mol. The number of aliphatic hydroxyl groups is 1. The number of carbonyl (C=O) groups is 1. The van der Waals surface area contributed by atoms with Crippen molar-refractivity contribution in [3.05, 3.63) is 23.8 Å². The molecular weight excluding hydrogens is 244 g/mol. The highest BCUT2D eigenvalue weighted by molar-refractivity contribution is 5.97. The van der Waals surface area contributed by atoms with E-state index in [-0.39, 0.29) is 12.5 Å². The summed E-state index contributed by atoms with van der Waals surface area (Å²) in [4.78, 5) is 12.1. The molecule has 1 saturated carbocycles. The molecule has 0 bridgehead atoms. The first-order chi connectivity index (χ1) is 9.04. The molecule has 0 radical (unpaired) electrons. The summed E-state index contributed by atoms with van der Waals surface area (Å²) in [6.07, 6.45) is 3.51. The summed E-state index contributed by atoms with van der Waals surface area (Å²) in [6, 6.07) is 4.89. The van der Waals surface area contributed by atoms with Crippen LogP contribution < -0.4 is 15.8 Å². The van der Waals surface area contributed by atoms with E-state index in [1.807, 2.05) is 0 Å². The molecule has 0 aromatic heterocycles. The lowest BCUT2D eigenvalue weighted by molar-refractivity contribution is 0.0449. The number of rotatable bonds is 4. The molecule has 4 N–H and O–H groups in total. The predicted octanol–water partition coefficient (Wildman–Crippen LogP) is 1.31. The first-order valence-electron chi connectivity index (χ1n) is 6.48. The second-order valence-corrected chi connectivity index (χ2v) is 5.07. The second kappa shape index (κ2) is 5.48. The van der Waals surface area contributed by atoms with E-state index in [1.165, 1.54) is 7.11 Å². The molecule has 0 unspecified atom stereocenters. The quantitative estimate of drug-likeness (QED) is 0.716. The number of hydrogen-bond donors (Lipinski definition) is 3. The number of nitrogens with two attached hydrogens (primary N) is 1. The number of benzene rings is 1. The van der Waals surface area contributed by atoms with E-state index in [4.69, 9.17) is 10.5 Å². The summed E-state index contributed by atoms with van der Waals surface area (Å²) >= 11 is 0. The van der Waals surface area contributed by atoms with Crippen molar-refractivity contribution in [2.45, 2.75) is 31.3 Å². The Morgan fingerprint density at radius 1 is 1.47 bits per heavy atom. The molecule has 1 fully saturated rings. The lowest BCUT2D eigenvalue weighted by atomic mass is 10.0. The highest BCUT2D eigenvalue weighted by atomic mass is 16.5. The van der Waals surface area contributed by atoms with E-state index in [1.54, 1.807) is 18.2 Å². The zero-order chi connectivity index (χ0) is 13.9. The fourth-order valence-corrected chi connectivity index (χ4v) is 2.45. The molecule has 1 aromatic rings. The van der Waals surface area contributed by atoms with Crippen LogP contribution in [0.25, 0.3) is 0 Å². The Bertz CT molecular complexity index is 468. The first kappa shape index (κ1) is 13.7. The van der Waals surface area contributed by atoms with Crippen molar-refractivity contribution in [1.29, 1.82) is 0 Å². The Morgan fingerprint density at radius 2 is 2.16 bits per heavy atom. The number of ether oxygens (including phenoxy) is 1. The number of nitrogens with one attached hydrogen (secondary N) is 1. The molecule has 1 aliphatic carbocycles. The number of nitrogen functional groups attached to an aromatic ring is 1. The van der Waals surface area contributed by atoms with Crippen LogP contribution in [0.5, 0.6) is 5.75 Å². The Hall–Kier alpha value is -1.75. The molecule has 0 saturated heterocycles. The molecule has 1 aliphatic rings. The minimum atomic E-state index is -0.753. The summed E-state index contributed by atoms with van der Waals surface area (Å²) in [7, 11) is 1.50. The van der Waals surface area contributed by atoms with Crippen molar-refractivity contribution in [3.8, 4) is 5.75 Å². The Kier molecular flexibility index (Phi) is 3.95. The van der Waals surface area contributed by atoms with Crippen molar-refractivity contribution < 1.29 is 14.6 Å². The van der Waals surface area contributed by atoms with Gasteiger partial charge in [-0.25, -0.2) is 0 Å². The molecule has 0 heterocycles. The fourth-order valence-electron chi connectivity index (χ4n) is 2.45. The highest BCUT2D eigenvalue weighted by Gasteiger charge is 2.31. The van der Waals surface area contributed by atoms with Crippen molar-refractivity contribution in [2.75, 3.05) is 19.4 Å². The average molecular weight is 264 g/mol. The highest BCUT2D eigenvalue weighted by Crippen LogP contribution is 2.29. The van der Waals surface area contributed by atoms with Gasteiger partial charge in [-0.05, 0) is 25.0 Å². The van der Waals surface area contributed by atoms with Gasteiger partial charge >= 0.3 is 0 Å². The fraction of sp³-hybridized carbons (Fsp3) is 0.500. The maximum atomic E-state index is 12.1. The number of methoxy groups -OCH3 is 1. The predicted molar refractivity (Wildman–Crippen MR) is 73.2 cm³/mol. The van der Waals surface area contributed by atoms with Gasteiger partial charge in [0.15, 0.2) is 0 Å². The van der Waals surface area contributed by atoms with Crippen LogP contribution in [0.4, 0.5) is 5.69 Å². The third-order valence-electron chi connectivity index (χ3n) is 3.58. The summed E-state index contributed by atoms with van der Waals surface area (Å²) in [5.41, 5.74) is 5.87. The van der Waals surface area contributed by atoms with Gasteiger partial charge in [-0.3, -0.25) is 4.79 Å². The molecule has 0 aliphatic heterocycles. The third-order valence-corrected chi connectivity index (χ3v) is 3.58. The van der Waals surface area contributed by atoms with Gasteiger partial charge in [0.1, 0.15) is 5.75 Å². The second-order valence-electron chi connectivity index (χ2n) is 5.07. The summed E-state index contributed by atoms with van der Waals surface area (Å²) in [6.45, 7) is 0.277. The molecule has 1 aromatic carbocycles. The molecule has 0 atom stereocenters. The molecule has 0 spiro atoms. The van der Waals surface area contributed by atoms with E-state index in [9.17, 15) is 9.90 Å². The van der Waals surface area contributed by atoms with E-state index in [0.717, 1.165) is 25.7 Å². The minimum absolute atomic E-state index is 0.253. The van der Waals surface area contributed by atoms with Gasteiger partial charge in [0, 0.05) is 18.3 Å². The maximum absolute atomic E-state index is 12.1. The van der Waals surface area contributed by atoms with Crippen LogP contribution in [-0.4, -0.2) is 30.3 Å². The Labute approximate surface area is 112 Å². The molecule has 5 heteroatoms. The van der Waals surface area contributed by atoms with Crippen molar-refractivity contribution in [3.63, 3.8) is 0 Å². The average Bonchev–Trinajstić information content (AvgIpc) is 2.83. The molecule has 19 heavy (non-hydrogen) atoms. The van der Waals surface area contributed by atoms with E-state index < -0.39 is 5.60 Å². The molecule has 5 nitrogen and oxygen atoms in total. The SMILES string of the molecule is COc1cc(N)ccc1C(=O)NCC1(O)CCCC1. The molecule has 104 valence electrons. The van der Waals surface area contributed by atoms with Crippen LogP contribution in [-0.2, 0) is 0 Å². The number of carbonyl (C=O) groups excluding carboxylic acids is 1. The van der Waals surface area contributed by atoms with Gasteiger partial charge in [0.2, 0.25) is 0 Å². The first-order valence-corrected chi connectivity index (χ1v) is 6.48. The smallest absolute Gasteiger partial charge is 0.255 e. The van der Waals surface area contributed by atoms with Crippen LogP contribution in [0.1, 0.15) is 36.0 Å². The van der Waals surface area contributed by atoms with Gasteiger partial charge < -0.3 is 20.9 Å². The number of hydrogen-bond acceptors (Lipinski definition) is 4. The zero-order valence-corrected chi connectivity index (χ0v) is 11.1. The van der Waals surface area contributed by atoms with Gasteiger partial charge in [-0.2, -0.15) is 0 Å². The van der Waals surface area contributed by atoms with Crippen LogP contribution in [0.3, 0.4) is 0 Å². The summed E-state index contributed by atoms with van der Waals surface area (Å²) in [5, 5.41) is 13.0. The van der Waals surface area contributed by atoms with Crippen LogP contribution in [0.15, 0.2) is 18.2 Å². The molecular formula is C14H20N2O3. The third kappa shape index (κ3) is 3.17. The lowest BCUT2D eigenvalue weighted by Crippen LogP contribution is -2.40. The number of amides is 1. The van der Waals surface area contributed by atoms with E-state index in [2.05, 4.69) is 5.32 Å². The maximum Gasteiger partial charge on any atom is 0.255 e. The Balaban J connectivity index is 2.03. The van der Waals surface area contributed by atoms with Gasteiger partial charge in [-0.1, -0.05) is 12.8 Å². The topological polar surface area (TPSA) is 84.6 Å². The standard InChI is InChI=1S/C14H20N2O3/c1-19-12-8-10(15)4-5-11(12)13(17)16-9-14(18)6-2-3-7-14/h4-5,8,18H,2-3,6-7,9,15H2,1H3,(H,16,17). The summed E-state index contributed by atoms with van der Waals surface area (Å²) < 4.78 is 5.14. The van der Waals surface area contributed by atoms with E-state index in [0.29, 0.717) is 17.0 Å². The van der Waals surface area contributed by atoms with Gasteiger partial charge in [0.25, 0.3) is 5.91 Å². The van der Waals surface area contributed by atoms with Crippen molar-refractivity contribution in [2.24, 2.45) is 0 Å². The Morgan fingerprint density at radius 3 is 2.79 bits per heavy atom.